The molecule has 4 nitrogen and oxygen atoms in total. The van der Waals surface area contributed by atoms with Crippen LogP contribution in [0.15, 0.2) is 42.6 Å². The highest BCUT2D eigenvalue weighted by molar-refractivity contribution is 5.94. The number of hydrogen-bond donors (Lipinski definition) is 2. The van der Waals surface area contributed by atoms with Gasteiger partial charge in [-0.25, -0.2) is 9.37 Å². The second-order valence-electron chi connectivity index (χ2n) is 5.77. The minimum Gasteiger partial charge on any atom is -0.340 e. The van der Waals surface area contributed by atoms with E-state index in [-0.39, 0.29) is 11.7 Å². The normalized spacial score (nSPS) is 11.0. The van der Waals surface area contributed by atoms with E-state index in [2.05, 4.69) is 15.6 Å². The summed E-state index contributed by atoms with van der Waals surface area (Å²) >= 11 is 0. The second kappa shape index (κ2) is 5.91. The number of carbonyl (C=O) groups excluding carboxylic acids is 1. The molecular weight excluding hydrogens is 269 g/mol. The molecule has 2 rings (SSSR count). The molecule has 2 N–H and O–H groups in total. The molecule has 1 heterocycles. The van der Waals surface area contributed by atoms with Gasteiger partial charge in [-0.1, -0.05) is 26.8 Å². The predicted molar refractivity (Wildman–Crippen MR) is 82.0 cm³/mol. The van der Waals surface area contributed by atoms with Crippen LogP contribution >= 0.6 is 0 Å². The third-order valence-electron chi connectivity index (χ3n) is 2.80. The Kier molecular flexibility index (Phi) is 4.21. The molecule has 0 saturated heterocycles. The number of pyridine rings is 1. The zero-order chi connectivity index (χ0) is 15.5. The van der Waals surface area contributed by atoms with Crippen LogP contribution in [0.3, 0.4) is 0 Å². The Balaban J connectivity index is 2.04. The van der Waals surface area contributed by atoms with E-state index in [1.807, 2.05) is 20.8 Å². The number of amides is 1. The van der Waals surface area contributed by atoms with E-state index in [0.717, 1.165) is 0 Å². The Bertz CT molecular complexity index is 633. The van der Waals surface area contributed by atoms with Gasteiger partial charge in [-0.15, -0.1) is 0 Å². The molecule has 0 saturated carbocycles. The minimum atomic E-state index is -0.460. The van der Waals surface area contributed by atoms with Crippen molar-refractivity contribution in [2.45, 2.75) is 20.8 Å². The summed E-state index contributed by atoms with van der Waals surface area (Å²) in [6, 6.07) is 9.61. The summed E-state index contributed by atoms with van der Waals surface area (Å²) in [6.07, 6.45) is 1.56. The van der Waals surface area contributed by atoms with Crippen molar-refractivity contribution in [3.8, 4) is 0 Å². The number of benzene rings is 1. The number of halogens is 1. The van der Waals surface area contributed by atoms with Crippen LogP contribution in [-0.2, 0) is 4.79 Å². The first-order valence-electron chi connectivity index (χ1n) is 6.65. The number of aromatic nitrogens is 1. The third-order valence-corrected chi connectivity index (χ3v) is 2.80. The summed E-state index contributed by atoms with van der Waals surface area (Å²) < 4.78 is 13.1. The smallest absolute Gasteiger partial charge is 0.229 e. The fourth-order valence-corrected chi connectivity index (χ4v) is 1.57. The summed E-state index contributed by atoms with van der Waals surface area (Å²) in [5.74, 6) is 0.193. The van der Waals surface area contributed by atoms with Crippen molar-refractivity contribution in [2.75, 3.05) is 10.6 Å². The lowest BCUT2D eigenvalue weighted by Gasteiger charge is -2.17. The van der Waals surface area contributed by atoms with Gasteiger partial charge in [-0.3, -0.25) is 4.79 Å². The van der Waals surface area contributed by atoms with Crippen molar-refractivity contribution in [3.63, 3.8) is 0 Å². The van der Waals surface area contributed by atoms with Gasteiger partial charge in [-0.2, -0.15) is 0 Å². The van der Waals surface area contributed by atoms with E-state index in [0.29, 0.717) is 17.2 Å². The molecule has 0 fully saturated rings. The topological polar surface area (TPSA) is 54.0 Å². The molecule has 5 heteroatoms. The van der Waals surface area contributed by atoms with Gasteiger partial charge < -0.3 is 10.6 Å². The number of rotatable bonds is 3. The molecule has 0 spiro atoms. The summed E-state index contributed by atoms with van der Waals surface area (Å²) in [6.45, 7) is 5.53. The van der Waals surface area contributed by atoms with Crippen LogP contribution in [-0.4, -0.2) is 10.9 Å². The number of nitrogens with zero attached hydrogens (tertiary/aromatic N) is 1. The molecule has 0 aliphatic rings. The third kappa shape index (κ3) is 4.27. The van der Waals surface area contributed by atoms with Gasteiger partial charge in [0.2, 0.25) is 5.91 Å². The van der Waals surface area contributed by atoms with Gasteiger partial charge in [0, 0.05) is 11.1 Å². The maximum Gasteiger partial charge on any atom is 0.229 e. The average Bonchev–Trinajstić information content (AvgIpc) is 2.40. The molecule has 0 radical (unpaired) electrons. The minimum absolute atomic E-state index is 0.0739. The van der Waals surface area contributed by atoms with E-state index >= 15 is 0 Å². The zero-order valence-electron chi connectivity index (χ0n) is 12.3. The molecule has 1 amide bonds. The van der Waals surface area contributed by atoms with Gasteiger partial charge >= 0.3 is 0 Å². The van der Waals surface area contributed by atoms with Gasteiger partial charge in [-0.05, 0) is 30.3 Å². The fraction of sp³-hybridized carbons (Fsp3) is 0.250. The van der Waals surface area contributed by atoms with Crippen LogP contribution < -0.4 is 10.6 Å². The van der Waals surface area contributed by atoms with Gasteiger partial charge in [0.15, 0.2) is 0 Å². The zero-order valence-corrected chi connectivity index (χ0v) is 12.3. The Morgan fingerprint density at radius 1 is 1.14 bits per heavy atom. The Labute approximate surface area is 123 Å². The Hall–Kier alpha value is -2.43. The van der Waals surface area contributed by atoms with Crippen molar-refractivity contribution in [1.82, 2.24) is 4.98 Å². The summed E-state index contributed by atoms with van der Waals surface area (Å²) in [4.78, 5) is 16.0. The fourth-order valence-electron chi connectivity index (χ4n) is 1.57. The molecule has 0 bridgehead atoms. The SMILES string of the molecule is CC(C)(C)C(=O)Nc1ccc(Nc2cccc(F)c2)nc1. The largest absolute Gasteiger partial charge is 0.340 e. The lowest BCUT2D eigenvalue weighted by Crippen LogP contribution is -2.27. The Morgan fingerprint density at radius 3 is 2.48 bits per heavy atom. The first-order chi connectivity index (χ1) is 9.84. The Morgan fingerprint density at radius 2 is 1.90 bits per heavy atom. The lowest BCUT2D eigenvalue weighted by molar-refractivity contribution is -0.123. The van der Waals surface area contributed by atoms with Crippen molar-refractivity contribution in [1.29, 1.82) is 0 Å². The van der Waals surface area contributed by atoms with Crippen molar-refractivity contribution < 1.29 is 9.18 Å². The summed E-state index contributed by atoms with van der Waals surface area (Å²) in [5.41, 5.74) is 0.784. The highest BCUT2D eigenvalue weighted by Crippen LogP contribution is 2.19. The predicted octanol–water partition coefficient (Wildman–Crippen LogP) is 3.95. The lowest BCUT2D eigenvalue weighted by atomic mass is 9.96. The highest BCUT2D eigenvalue weighted by atomic mass is 19.1. The molecule has 0 aliphatic heterocycles. The molecule has 0 unspecified atom stereocenters. The van der Waals surface area contributed by atoms with Crippen LogP contribution in [0.1, 0.15) is 20.8 Å². The van der Waals surface area contributed by atoms with Crippen molar-refractivity contribution in [3.05, 3.63) is 48.4 Å². The van der Waals surface area contributed by atoms with Crippen molar-refractivity contribution in [2.24, 2.45) is 5.41 Å². The maximum atomic E-state index is 13.1. The maximum absolute atomic E-state index is 13.1. The molecule has 2 aromatic rings. The number of nitrogens with one attached hydrogen (secondary N) is 2. The standard InChI is InChI=1S/C16H18FN3O/c1-16(2,3)15(21)20-13-7-8-14(18-10-13)19-12-6-4-5-11(17)9-12/h4-10H,1-3H3,(H,18,19)(H,20,21). The summed E-state index contributed by atoms with van der Waals surface area (Å²) in [7, 11) is 0. The van der Waals surface area contributed by atoms with Crippen molar-refractivity contribution >= 4 is 23.1 Å². The number of carbonyl (C=O) groups is 1. The van der Waals surface area contributed by atoms with E-state index < -0.39 is 5.41 Å². The molecule has 0 aliphatic carbocycles. The molecule has 110 valence electrons. The van der Waals surface area contributed by atoms with E-state index in [1.54, 1.807) is 30.5 Å². The first-order valence-corrected chi connectivity index (χ1v) is 6.65. The molecule has 21 heavy (non-hydrogen) atoms. The van der Waals surface area contributed by atoms with Crippen LogP contribution in [0.25, 0.3) is 0 Å². The van der Waals surface area contributed by atoms with E-state index in [9.17, 15) is 9.18 Å². The van der Waals surface area contributed by atoms with Crippen LogP contribution in [0.2, 0.25) is 0 Å². The quantitative estimate of drug-likeness (QED) is 0.898. The molecule has 1 aromatic carbocycles. The van der Waals surface area contributed by atoms with Crippen LogP contribution in [0, 0.1) is 11.2 Å². The highest BCUT2D eigenvalue weighted by Gasteiger charge is 2.21. The molecule has 1 aromatic heterocycles. The average molecular weight is 287 g/mol. The van der Waals surface area contributed by atoms with Crippen LogP contribution in [0.4, 0.5) is 21.6 Å². The van der Waals surface area contributed by atoms with E-state index in [1.165, 1.54) is 12.1 Å². The molecular formula is C16H18FN3O. The summed E-state index contributed by atoms with van der Waals surface area (Å²) in [5, 5.41) is 5.78. The van der Waals surface area contributed by atoms with Gasteiger partial charge in [0.05, 0.1) is 11.9 Å². The number of hydrogen-bond acceptors (Lipinski definition) is 3. The van der Waals surface area contributed by atoms with Gasteiger partial charge in [0.25, 0.3) is 0 Å². The van der Waals surface area contributed by atoms with Gasteiger partial charge in [0.1, 0.15) is 11.6 Å². The first kappa shape index (κ1) is 15.0. The molecule has 0 atom stereocenters. The van der Waals surface area contributed by atoms with Crippen LogP contribution in [0.5, 0.6) is 0 Å². The second-order valence-corrected chi connectivity index (χ2v) is 5.77. The monoisotopic (exact) mass is 287 g/mol. The van der Waals surface area contributed by atoms with E-state index in [4.69, 9.17) is 0 Å². The number of anilines is 3.